The lowest BCUT2D eigenvalue weighted by Gasteiger charge is -2.47. The molecule has 2 aliphatic carbocycles. The van der Waals surface area contributed by atoms with Gasteiger partial charge in [0.2, 0.25) is 0 Å². The van der Waals surface area contributed by atoms with E-state index < -0.39 is 11.6 Å². The van der Waals surface area contributed by atoms with Gasteiger partial charge in [0, 0.05) is 24.7 Å². The minimum atomic E-state index is -0.945. The maximum atomic E-state index is 14.8. The van der Waals surface area contributed by atoms with Crippen LogP contribution in [0.4, 0.5) is 0 Å². The van der Waals surface area contributed by atoms with Gasteiger partial charge in [-0.05, 0) is 92.7 Å². The summed E-state index contributed by atoms with van der Waals surface area (Å²) in [6, 6.07) is 7.78. The highest BCUT2D eigenvalue weighted by Crippen LogP contribution is 2.50. The summed E-state index contributed by atoms with van der Waals surface area (Å²) in [4.78, 5) is 48.4. The maximum Gasteiger partial charge on any atom is 0.305 e. The summed E-state index contributed by atoms with van der Waals surface area (Å²) in [7, 11) is 0. The van der Waals surface area contributed by atoms with Crippen LogP contribution in [0, 0.1) is 16.7 Å². The third kappa shape index (κ3) is 8.48. The predicted molar refractivity (Wildman–Crippen MR) is 180 cm³/mol. The highest BCUT2D eigenvalue weighted by atomic mass is 16.4. The largest absolute Gasteiger partial charge is 0.481 e. The second-order valence-corrected chi connectivity index (χ2v) is 15.9. The number of hydrogen-bond acceptors (Lipinski definition) is 5. The standard InChI is InChI=1S/C37H58N4O4/c1-8-40(29-12-10-9-11-13-29)32-34(45)41(37(39-32)23-18-28(19-24-37)36(5,6)7)30(20-22-35(2,3)4)26-14-16-27(17-15-26)33(44)38-25-21-31(42)43/h14-17,28-30H,8-13,18-25H2,1-7H3,(H,38,44)(H,42,43)/t28?,30-,37?/m1/s1. The van der Waals surface area contributed by atoms with Crippen LogP contribution in [0.25, 0.3) is 0 Å². The Hall–Kier alpha value is -2.90. The number of benzene rings is 1. The summed E-state index contributed by atoms with van der Waals surface area (Å²) in [5.74, 6) is 0.0754. The zero-order chi connectivity index (χ0) is 33.0. The van der Waals surface area contributed by atoms with Crippen LogP contribution in [0.5, 0.6) is 0 Å². The van der Waals surface area contributed by atoms with Crippen LogP contribution in [-0.2, 0) is 9.59 Å². The number of amides is 2. The average Bonchev–Trinajstić information content (AvgIpc) is 3.24. The Balaban J connectivity index is 1.71. The maximum absolute atomic E-state index is 14.8. The van der Waals surface area contributed by atoms with E-state index in [1.165, 1.54) is 19.3 Å². The molecule has 1 aromatic rings. The first-order valence-corrected chi connectivity index (χ1v) is 17.5. The van der Waals surface area contributed by atoms with Gasteiger partial charge in [-0.3, -0.25) is 14.4 Å². The summed E-state index contributed by atoms with van der Waals surface area (Å²) < 4.78 is 0. The molecule has 2 N–H and O–H groups in total. The van der Waals surface area contributed by atoms with E-state index in [1.807, 2.05) is 12.1 Å². The Morgan fingerprint density at radius 3 is 2.18 bits per heavy atom. The van der Waals surface area contributed by atoms with Crippen LogP contribution >= 0.6 is 0 Å². The summed E-state index contributed by atoms with van der Waals surface area (Å²) >= 11 is 0. The molecule has 8 nitrogen and oxygen atoms in total. The van der Waals surface area contributed by atoms with Crippen molar-refractivity contribution in [2.24, 2.45) is 21.7 Å². The lowest BCUT2D eigenvalue weighted by Crippen LogP contribution is -2.53. The molecular formula is C37H58N4O4. The molecule has 45 heavy (non-hydrogen) atoms. The van der Waals surface area contributed by atoms with Crippen molar-refractivity contribution in [1.82, 2.24) is 15.1 Å². The van der Waals surface area contributed by atoms with Crippen molar-refractivity contribution in [3.8, 4) is 0 Å². The Morgan fingerprint density at radius 1 is 1.02 bits per heavy atom. The van der Waals surface area contributed by atoms with Crippen LogP contribution < -0.4 is 5.32 Å². The normalized spacial score (nSPS) is 23.6. The van der Waals surface area contributed by atoms with Crippen LogP contribution in [0.2, 0.25) is 0 Å². The molecule has 1 spiro atoms. The van der Waals surface area contributed by atoms with Gasteiger partial charge in [0.25, 0.3) is 11.8 Å². The third-order valence-electron chi connectivity index (χ3n) is 10.5. The molecule has 2 saturated carbocycles. The minimum Gasteiger partial charge on any atom is -0.481 e. The molecular weight excluding hydrogens is 564 g/mol. The summed E-state index contributed by atoms with van der Waals surface area (Å²) in [6.07, 6.45) is 11.3. The fourth-order valence-electron chi connectivity index (χ4n) is 7.74. The molecule has 1 atom stereocenters. The molecule has 0 saturated heterocycles. The Bertz CT molecular complexity index is 1210. The molecule has 1 aromatic carbocycles. The molecule has 1 aliphatic heterocycles. The van der Waals surface area contributed by atoms with E-state index in [4.69, 9.17) is 10.1 Å². The lowest BCUT2D eigenvalue weighted by atomic mass is 9.69. The number of carbonyl (C=O) groups is 3. The molecule has 0 unspecified atom stereocenters. The Kier molecular flexibility index (Phi) is 11.1. The van der Waals surface area contributed by atoms with E-state index in [2.05, 4.69) is 63.6 Å². The van der Waals surface area contributed by atoms with Crippen molar-refractivity contribution >= 4 is 23.6 Å². The molecule has 3 aliphatic rings. The molecule has 250 valence electrons. The molecule has 2 amide bonds. The molecule has 4 rings (SSSR count). The zero-order valence-electron chi connectivity index (χ0n) is 29.0. The van der Waals surface area contributed by atoms with Crippen LogP contribution in [0.3, 0.4) is 0 Å². The monoisotopic (exact) mass is 622 g/mol. The second-order valence-electron chi connectivity index (χ2n) is 15.9. The number of carboxylic acid groups (broad SMARTS) is 1. The van der Waals surface area contributed by atoms with Crippen LogP contribution in [-0.4, -0.2) is 63.3 Å². The van der Waals surface area contributed by atoms with Crippen molar-refractivity contribution < 1.29 is 19.5 Å². The number of amidine groups is 1. The molecule has 1 heterocycles. The van der Waals surface area contributed by atoms with Crippen molar-refractivity contribution in [2.75, 3.05) is 13.1 Å². The third-order valence-corrected chi connectivity index (χ3v) is 10.5. The SMILES string of the molecule is CCN(C1=NC2(CCC(C(C)(C)C)CC2)N([C@H](CCC(C)(C)C)c2ccc(C(=O)NCCC(=O)O)cc2)C1=O)C1CCCCC1. The van der Waals surface area contributed by atoms with Crippen molar-refractivity contribution in [3.05, 3.63) is 35.4 Å². The van der Waals surface area contributed by atoms with Gasteiger partial charge in [0.15, 0.2) is 5.84 Å². The second kappa shape index (κ2) is 14.3. The number of carbonyl (C=O) groups excluding carboxylic acids is 2. The number of hydrogen-bond donors (Lipinski definition) is 2. The number of rotatable bonds is 10. The first kappa shape index (κ1) is 35.0. The summed E-state index contributed by atoms with van der Waals surface area (Å²) in [5.41, 5.74) is 1.24. The van der Waals surface area contributed by atoms with E-state index in [9.17, 15) is 14.4 Å². The first-order valence-electron chi connectivity index (χ1n) is 17.5. The number of aliphatic carboxylic acids is 1. The topological polar surface area (TPSA) is 102 Å². The molecule has 0 aromatic heterocycles. The molecule has 0 radical (unpaired) electrons. The van der Waals surface area contributed by atoms with Gasteiger partial charge in [-0.15, -0.1) is 0 Å². The number of nitrogens with zero attached hydrogens (tertiary/aromatic N) is 3. The van der Waals surface area contributed by atoms with E-state index in [1.54, 1.807) is 12.1 Å². The highest BCUT2D eigenvalue weighted by Gasteiger charge is 2.54. The summed E-state index contributed by atoms with van der Waals surface area (Å²) in [6.45, 7) is 16.7. The van der Waals surface area contributed by atoms with Crippen LogP contribution in [0.15, 0.2) is 29.3 Å². The van der Waals surface area contributed by atoms with Gasteiger partial charge in [0.1, 0.15) is 5.66 Å². The van der Waals surface area contributed by atoms with Crippen molar-refractivity contribution in [2.45, 2.75) is 143 Å². The fourth-order valence-corrected chi connectivity index (χ4v) is 7.74. The van der Waals surface area contributed by atoms with Crippen molar-refractivity contribution in [3.63, 3.8) is 0 Å². The van der Waals surface area contributed by atoms with E-state index >= 15 is 0 Å². The van der Waals surface area contributed by atoms with Crippen LogP contribution in [0.1, 0.15) is 147 Å². The van der Waals surface area contributed by atoms with Gasteiger partial charge in [0.05, 0.1) is 12.5 Å². The predicted octanol–water partition coefficient (Wildman–Crippen LogP) is 7.59. The quantitative estimate of drug-likeness (QED) is 0.280. The highest BCUT2D eigenvalue weighted by molar-refractivity contribution is 6.39. The Labute approximate surface area is 271 Å². The number of aliphatic imine (C=N–C) groups is 1. The Morgan fingerprint density at radius 2 is 1.64 bits per heavy atom. The van der Waals surface area contributed by atoms with Gasteiger partial charge in [-0.2, -0.15) is 0 Å². The van der Waals surface area contributed by atoms with E-state index in [-0.39, 0.29) is 41.7 Å². The lowest BCUT2D eigenvalue weighted by molar-refractivity contribution is -0.137. The fraction of sp³-hybridized carbons (Fsp3) is 0.730. The van der Waals surface area contributed by atoms with Gasteiger partial charge in [-0.1, -0.05) is 72.9 Å². The number of nitrogens with one attached hydrogen (secondary N) is 1. The van der Waals surface area contributed by atoms with E-state index in [0.29, 0.717) is 23.4 Å². The van der Waals surface area contributed by atoms with Crippen molar-refractivity contribution in [1.29, 1.82) is 0 Å². The zero-order valence-corrected chi connectivity index (χ0v) is 29.0. The van der Waals surface area contributed by atoms with Gasteiger partial charge >= 0.3 is 5.97 Å². The minimum absolute atomic E-state index is 0.0611. The molecule has 2 fully saturated rings. The first-order chi connectivity index (χ1) is 21.1. The smallest absolute Gasteiger partial charge is 0.305 e. The number of carboxylic acids is 1. The van der Waals surface area contributed by atoms with E-state index in [0.717, 1.165) is 63.5 Å². The van der Waals surface area contributed by atoms with Gasteiger partial charge in [-0.25, -0.2) is 4.99 Å². The molecule has 0 bridgehead atoms. The number of likely N-dealkylation sites (N-methyl/N-ethyl adjacent to an activating group) is 1. The summed E-state index contributed by atoms with van der Waals surface area (Å²) in [5, 5.41) is 11.6. The average molecular weight is 623 g/mol. The van der Waals surface area contributed by atoms with Gasteiger partial charge < -0.3 is 20.2 Å². The molecule has 8 heteroatoms.